The lowest BCUT2D eigenvalue weighted by Crippen LogP contribution is -2.14. The Morgan fingerprint density at radius 1 is 1.10 bits per heavy atom. The van der Waals surface area contributed by atoms with E-state index in [0.29, 0.717) is 5.16 Å². The Morgan fingerprint density at radius 3 is 2.70 bits per heavy atom. The van der Waals surface area contributed by atoms with E-state index in [0.717, 1.165) is 39.0 Å². The number of rotatable bonds is 6. The second kappa shape index (κ2) is 8.81. The fraction of sp³-hybridized carbons (Fsp3) is 0.182. The Labute approximate surface area is 183 Å². The fourth-order valence-corrected chi connectivity index (χ4v) is 4.50. The highest BCUT2D eigenvalue weighted by Crippen LogP contribution is 2.25. The zero-order valence-electron chi connectivity index (χ0n) is 16.9. The van der Waals surface area contributed by atoms with Gasteiger partial charge in [-0.2, -0.15) is 0 Å². The van der Waals surface area contributed by atoms with E-state index in [4.69, 9.17) is 0 Å². The lowest BCUT2D eigenvalue weighted by Gasteiger charge is -2.10. The van der Waals surface area contributed by atoms with Crippen molar-refractivity contribution in [3.63, 3.8) is 0 Å². The number of amides is 1. The first-order valence-electron chi connectivity index (χ1n) is 9.44. The molecule has 0 aliphatic rings. The second-order valence-corrected chi connectivity index (χ2v) is 8.88. The molecule has 0 spiro atoms. The number of thioether (sulfide) groups is 1. The lowest BCUT2D eigenvalue weighted by molar-refractivity contribution is -0.113. The number of nitrogens with zero attached hydrogens (tertiary/aromatic N) is 4. The van der Waals surface area contributed by atoms with Crippen molar-refractivity contribution in [3.8, 4) is 16.9 Å². The van der Waals surface area contributed by atoms with Crippen molar-refractivity contribution in [2.75, 3.05) is 11.1 Å². The summed E-state index contributed by atoms with van der Waals surface area (Å²) in [7, 11) is 0. The topological polar surface area (TPSA) is 72.7 Å². The Kier molecular flexibility index (Phi) is 5.96. The van der Waals surface area contributed by atoms with Crippen molar-refractivity contribution >= 4 is 34.7 Å². The second-order valence-electron chi connectivity index (χ2n) is 6.87. The van der Waals surface area contributed by atoms with Crippen molar-refractivity contribution in [1.29, 1.82) is 0 Å². The van der Waals surface area contributed by atoms with E-state index >= 15 is 0 Å². The maximum Gasteiger partial charge on any atom is 0.234 e. The molecule has 0 aliphatic carbocycles. The molecule has 152 valence electrons. The van der Waals surface area contributed by atoms with E-state index in [1.165, 1.54) is 11.8 Å². The summed E-state index contributed by atoms with van der Waals surface area (Å²) in [5, 5.41) is 15.1. The summed E-state index contributed by atoms with van der Waals surface area (Å²) in [6.07, 6.45) is 0. The monoisotopic (exact) mass is 435 g/mol. The zero-order chi connectivity index (χ0) is 21.1. The first kappa shape index (κ1) is 20.3. The van der Waals surface area contributed by atoms with E-state index in [1.807, 2.05) is 73.2 Å². The van der Waals surface area contributed by atoms with Gasteiger partial charge in [0.1, 0.15) is 5.82 Å². The molecular formula is C22H21N5OS2. The molecule has 4 rings (SSSR count). The van der Waals surface area contributed by atoms with Crippen LogP contribution in [0, 0.1) is 20.8 Å². The highest BCUT2D eigenvalue weighted by molar-refractivity contribution is 7.99. The highest BCUT2D eigenvalue weighted by Gasteiger charge is 2.14. The van der Waals surface area contributed by atoms with Gasteiger partial charge in [0.15, 0.2) is 5.16 Å². The number of hydrogen-bond donors (Lipinski definition) is 1. The number of hydrogen-bond acceptors (Lipinski definition) is 6. The van der Waals surface area contributed by atoms with Gasteiger partial charge in [-0.15, -0.1) is 21.5 Å². The fourth-order valence-electron chi connectivity index (χ4n) is 3.08. The van der Waals surface area contributed by atoms with Gasteiger partial charge in [0.2, 0.25) is 5.91 Å². The van der Waals surface area contributed by atoms with Crippen LogP contribution < -0.4 is 5.32 Å². The van der Waals surface area contributed by atoms with Crippen LogP contribution in [0.2, 0.25) is 0 Å². The molecular weight excluding hydrogens is 414 g/mol. The number of aromatic nitrogens is 4. The Balaban J connectivity index is 1.44. The number of carbonyl (C=O) groups excluding carboxylic acids is 1. The highest BCUT2D eigenvalue weighted by atomic mass is 32.2. The molecule has 0 unspecified atom stereocenters. The van der Waals surface area contributed by atoms with Crippen LogP contribution in [0.5, 0.6) is 0 Å². The third kappa shape index (κ3) is 4.60. The molecule has 0 saturated carbocycles. The first-order chi connectivity index (χ1) is 14.5. The van der Waals surface area contributed by atoms with Gasteiger partial charge in [-0.1, -0.05) is 36.0 Å². The molecule has 0 bridgehead atoms. The summed E-state index contributed by atoms with van der Waals surface area (Å²) >= 11 is 2.98. The van der Waals surface area contributed by atoms with E-state index in [1.54, 1.807) is 11.3 Å². The average Bonchev–Trinajstić information content (AvgIpc) is 3.32. The van der Waals surface area contributed by atoms with Crippen molar-refractivity contribution < 1.29 is 4.79 Å². The summed E-state index contributed by atoms with van der Waals surface area (Å²) < 4.78 is 1.97. The number of thiazole rings is 1. The molecule has 0 aliphatic heterocycles. The van der Waals surface area contributed by atoms with Gasteiger partial charge in [-0.25, -0.2) is 4.98 Å². The third-order valence-electron chi connectivity index (χ3n) is 4.45. The number of nitrogens with one attached hydrogen (secondary N) is 1. The van der Waals surface area contributed by atoms with Crippen molar-refractivity contribution in [3.05, 3.63) is 70.3 Å². The smallest absolute Gasteiger partial charge is 0.234 e. The third-order valence-corrected chi connectivity index (χ3v) is 6.15. The molecule has 0 fully saturated rings. The minimum atomic E-state index is -0.0944. The number of aryl methyl sites for hydroxylation is 3. The quantitative estimate of drug-likeness (QED) is 0.429. The van der Waals surface area contributed by atoms with Crippen LogP contribution in [0.25, 0.3) is 16.9 Å². The summed E-state index contributed by atoms with van der Waals surface area (Å²) in [5.74, 6) is 0.932. The number of benzene rings is 2. The minimum Gasteiger partial charge on any atom is -0.325 e. The van der Waals surface area contributed by atoms with Crippen molar-refractivity contribution in [2.24, 2.45) is 0 Å². The molecule has 0 radical (unpaired) electrons. The maximum atomic E-state index is 12.5. The van der Waals surface area contributed by atoms with Gasteiger partial charge in [0, 0.05) is 22.3 Å². The Bertz CT molecular complexity index is 1200. The summed E-state index contributed by atoms with van der Waals surface area (Å²) in [6, 6.07) is 15.9. The van der Waals surface area contributed by atoms with Crippen LogP contribution in [0.3, 0.4) is 0 Å². The van der Waals surface area contributed by atoms with Gasteiger partial charge in [0.25, 0.3) is 0 Å². The molecule has 2 aromatic carbocycles. The molecule has 8 heteroatoms. The SMILES string of the molecule is Cc1cccc(-n2c(C)nnc2SCC(=O)Nc2cccc(-c3csc(C)n3)c2)c1. The van der Waals surface area contributed by atoms with E-state index in [-0.39, 0.29) is 11.7 Å². The molecule has 4 aromatic rings. The van der Waals surface area contributed by atoms with E-state index in [9.17, 15) is 4.79 Å². The average molecular weight is 436 g/mol. The van der Waals surface area contributed by atoms with Crippen molar-refractivity contribution in [2.45, 2.75) is 25.9 Å². The summed E-state index contributed by atoms with van der Waals surface area (Å²) in [4.78, 5) is 17.1. The van der Waals surface area contributed by atoms with Crippen LogP contribution in [0.1, 0.15) is 16.4 Å². The van der Waals surface area contributed by atoms with Gasteiger partial charge in [0.05, 0.1) is 16.5 Å². The number of carbonyl (C=O) groups is 1. The molecule has 1 amide bonds. The Hall–Kier alpha value is -2.97. The molecule has 2 aromatic heterocycles. The standard InChI is InChI=1S/C22H21N5OS2/c1-14-6-4-9-19(10-14)27-15(2)25-26-22(27)30-13-21(28)24-18-8-5-7-17(11-18)20-12-29-16(3)23-20/h4-12H,13H2,1-3H3,(H,24,28). The molecule has 2 heterocycles. The Morgan fingerprint density at radius 2 is 1.93 bits per heavy atom. The predicted octanol–water partition coefficient (Wildman–Crippen LogP) is 5.05. The molecule has 0 atom stereocenters. The van der Waals surface area contributed by atoms with Gasteiger partial charge in [-0.3, -0.25) is 9.36 Å². The summed E-state index contributed by atoms with van der Waals surface area (Å²) in [5.41, 5.74) is 4.81. The predicted molar refractivity (Wildman–Crippen MR) is 122 cm³/mol. The van der Waals surface area contributed by atoms with Gasteiger partial charge in [-0.05, 0) is 50.6 Å². The van der Waals surface area contributed by atoms with Crippen LogP contribution in [-0.4, -0.2) is 31.4 Å². The van der Waals surface area contributed by atoms with Crippen LogP contribution in [0.15, 0.2) is 59.1 Å². The van der Waals surface area contributed by atoms with Crippen molar-refractivity contribution in [1.82, 2.24) is 19.7 Å². The van der Waals surface area contributed by atoms with Crippen LogP contribution >= 0.6 is 23.1 Å². The molecule has 6 nitrogen and oxygen atoms in total. The summed E-state index contributed by atoms with van der Waals surface area (Å²) in [6.45, 7) is 5.93. The zero-order valence-corrected chi connectivity index (χ0v) is 18.5. The minimum absolute atomic E-state index is 0.0944. The maximum absolute atomic E-state index is 12.5. The van der Waals surface area contributed by atoms with Crippen LogP contribution in [-0.2, 0) is 4.79 Å². The normalized spacial score (nSPS) is 10.9. The lowest BCUT2D eigenvalue weighted by atomic mass is 10.1. The molecule has 30 heavy (non-hydrogen) atoms. The molecule has 0 saturated heterocycles. The number of anilines is 1. The van der Waals surface area contributed by atoms with Gasteiger partial charge < -0.3 is 5.32 Å². The largest absolute Gasteiger partial charge is 0.325 e. The van der Waals surface area contributed by atoms with E-state index < -0.39 is 0 Å². The first-order valence-corrected chi connectivity index (χ1v) is 11.3. The van der Waals surface area contributed by atoms with E-state index in [2.05, 4.69) is 26.6 Å². The molecule has 1 N–H and O–H groups in total. The van der Waals surface area contributed by atoms with Gasteiger partial charge >= 0.3 is 0 Å². The van der Waals surface area contributed by atoms with Crippen LogP contribution in [0.4, 0.5) is 5.69 Å².